The Balaban J connectivity index is 1.63. The summed E-state index contributed by atoms with van der Waals surface area (Å²) in [5.74, 6) is 1.16. The number of ether oxygens (including phenoxy) is 1. The van der Waals surface area contributed by atoms with Crippen molar-refractivity contribution in [2.75, 3.05) is 0 Å². The Bertz CT molecular complexity index is 947. The Labute approximate surface area is 148 Å². The lowest BCUT2D eigenvalue weighted by molar-refractivity contribution is -0.0108. The molecular formula is C18H12N4O2S. The van der Waals surface area contributed by atoms with Crippen LogP contribution >= 0.6 is 11.8 Å². The maximum atomic E-state index is 9.83. The number of benzene rings is 2. The topological polar surface area (TPSA) is 81.2 Å². The summed E-state index contributed by atoms with van der Waals surface area (Å²) in [6, 6.07) is 16.8. The van der Waals surface area contributed by atoms with Gasteiger partial charge in [-0.15, -0.1) is 0 Å². The minimum atomic E-state index is -0.307. The lowest BCUT2D eigenvalue weighted by Gasteiger charge is -2.20. The summed E-state index contributed by atoms with van der Waals surface area (Å²) in [7, 11) is 0. The summed E-state index contributed by atoms with van der Waals surface area (Å²) in [4.78, 5) is 8.41. The summed E-state index contributed by atoms with van der Waals surface area (Å²) in [6.45, 7) is 0. The summed E-state index contributed by atoms with van der Waals surface area (Å²) in [5.41, 5.74) is 1.89. The maximum absolute atomic E-state index is 9.83. The Hall–Kier alpha value is -3.08. The molecule has 0 amide bonds. The average Bonchev–Trinajstić information content (AvgIpc) is 3.09. The van der Waals surface area contributed by atoms with Gasteiger partial charge in [-0.3, -0.25) is 5.21 Å². The molecule has 0 saturated heterocycles. The number of para-hydroxylation sites is 1. The molecule has 1 N–H and O–H groups in total. The fourth-order valence-corrected chi connectivity index (χ4v) is 3.50. The molecule has 0 saturated carbocycles. The Morgan fingerprint density at radius 2 is 2.04 bits per heavy atom. The van der Waals surface area contributed by atoms with Gasteiger partial charge < -0.3 is 4.74 Å². The van der Waals surface area contributed by atoms with Crippen LogP contribution in [0.25, 0.3) is 0 Å². The van der Waals surface area contributed by atoms with E-state index in [1.54, 1.807) is 18.3 Å². The number of nitrogens with zero attached hydrogens (tertiary/aromatic N) is 4. The molecule has 4 rings (SSSR count). The molecule has 2 heterocycles. The molecule has 25 heavy (non-hydrogen) atoms. The first-order valence-corrected chi connectivity index (χ1v) is 8.36. The van der Waals surface area contributed by atoms with Gasteiger partial charge in [0, 0.05) is 5.56 Å². The number of nitriles is 1. The lowest BCUT2D eigenvalue weighted by Crippen LogP contribution is -2.29. The van der Waals surface area contributed by atoms with Crippen molar-refractivity contribution >= 4 is 23.1 Å². The third-order valence-electron chi connectivity index (χ3n) is 3.66. The van der Waals surface area contributed by atoms with E-state index in [0.717, 1.165) is 15.7 Å². The molecule has 7 heteroatoms. The molecule has 0 aliphatic carbocycles. The van der Waals surface area contributed by atoms with E-state index >= 15 is 0 Å². The Morgan fingerprint density at radius 1 is 1.20 bits per heavy atom. The van der Waals surface area contributed by atoms with Gasteiger partial charge in [0.25, 0.3) is 0 Å². The predicted octanol–water partition coefficient (Wildman–Crippen LogP) is 3.74. The highest BCUT2D eigenvalue weighted by Crippen LogP contribution is 2.36. The van der Waals surface area contributed by atoms with Gasteiger partial charge in [0.1, 0.15) is 29.0 Å². The van der Waals surface area contributed by atoms with Crippen molar-refractivity contribution in [3.63, 3.8) is 0 Å². The van der Waals surface area contributed by atoms with Crippen LogP contribution in [-0.4, -0.2) is 27.0 Å². The van der Waals surface area contributed by atoms with Gasteiger partial charge in [0.05, 0.1) is 17.5 Å². The molecule has 0 bridgehead atoms. The van der Waals surface area contributed by atoms with Crippen molar-refractivity contribution in [3.05, 3.63) is 71.6 Å². The number of aliphatic imine (C=N–C) groups is 2. The van der Waals surface area contributed by atoms with E-state index in [2.05, 4.69) is 16.1 Å². The van der Waals surface area contributed by atoms with Crippen LogP contribution in [0.4, 0.5) is 0 Å². The van der Waals surface area contributed by atoms with E-state index in [4.69, 9.17) is 4.74 Å². The van der Waals surface area contributed by atoms with Crippen LogP contribution in [-0.2, 0) is 0 Å². The first-order valence-electron chi connectivity index (χ1n) is 7.48. The summed E-state index contributed by atoms with van der Waals surface area (Å²) < 4.78 is 5.78. The Morgan fingerprint density at radius 3 is 2.80 bits per heavy atom. The third kappa shape index (κ3) is 3.01. The van der Waals surface area contributed by atoms with Gasteiger partial charge in [0.15, 0.2) is 5.37 Å². The average molecular weight is 348 g/mol. The second-order valence-corrected chi connectivity index (χ2v) is 6.39. The highest BCUT2D eigenvalue weighted by molar-refractivity contribution is 8.15. The lowest BCUT2D eigenvalue weighted by atomic mass is 10.1. The van der Waals surface area contributed by atoms with Crippen LogP contribution in [0.5, 0.6) is 11.5 Å². The molecule has 122 valence electrons. The molecule has 1 unspecified atom stereocenters. The van der Waals surface area contributed by atoms with Crippen molar-refractivity contribution in [3.8, 4) is 17.6 Å². The van der Waals surface area contributed by atoms with Gasteiger partial charge >= 0.3 is 0 Å². The first-order chi connectivity index (χ1) is 12.2. The number of rotatable bonds is 3. The highest BCUT2D eigenvalue weighted by atomic mass is 32.2. The number of hydrogen-bond donors (Lipinski definition) is 1. The largest absolute Gasteiger partial charge is 0.456 e. The van der Waals surface area contributed by atoms with Crippen molar-refractivity contribution in [1.29, 1.82) is 5.26 Å². The molecule has 2 aliphatic heterocycles. The molecular weight excluding hydrogens is 336 g/mol. The minimum Gasteiger partial charge on any atom is -0.456 e. The monoisotopic (exact) mass is 348 g/mol. The van der Waals surface area contributed by atoms with Crippen LogP contribution < -0.4 is 4.74 Å². The second kappa shape index (κ2) is 6.43. The van der Waals surface area contributed by atoms with Crippen LogP contribution in [0.15, 0.2) is 70.4 Å². The maximum Gasteiger partial charge on any atom is 0.152 e. The van der Waals surface area contributed by atoms with E-state index in [0.29, 0.717) is 22.8 Å². The van der Waals surface area contributed by atoms with Crippen LogP contribution in [0, 0.1) is 11.3 Å². The molecule has 0 aromatic heterocycles. The van der Waals surface area contributed by atoms with E-state index in [9.17, 15) is 10.5 Å². The van der Waals surface area contributed by atoms with Gasteiger partial charge in [-0.1, -0.05) is 30.0 Å². The Kier molecular flexibility index (Phi) is 3.98. The minimum absolute atomic E-state index is 0.307. The summed E-state index contributed by atoms with van der Waals surface area (Å²) in [5, 5.41) is 20.7. The quantitative estimate of drug-likeness (QED) is 0.914. The van der Waals surface area contributed by atoms with Crippen LogP contribution in [0.1, 0.15) is 11.1 Å². The van der Waals surface area contributed by atoms with E-state index in [1.807, 2.05) is 36.4 Å². The molecule has 2 aliphatic rings. The molecule has 0 radical (unpaired) electrons. The van der Waals surface area contributed by atoms with E-state index in [-0.39, 0.29) is 5.37 Å². The predicted molar refractivity (Wildman–Crippen MR) is 95.8 cm³/mol. The van der Waals surface area contributed by atoms with E-state index in [1.165, 1.54) is 18.1 Å². The zero-order valence-corrected chi connectivity index (χ0v) is 13.7. The van der Waals surface area contributed by atoms with Gasteiger partial charge in [-0.2, -0.15) is 5.26 Å². The summed E-state index contributed by atoms with van der Waals surface area (Å²) in [6.07, 6.45) is 2.96. The SMILES string of the molecule is N#Cc1cc(C2=NC3=CN=CN(O)C3S2)ccc1Oc1ccccc1. The zero-order valence-electron chi connectivity index (χ0n) is 12.9. The fourth-order valence-electron chi connectivity index (χ4n) is 2.47. The standard InChI is InChI=1S/C18H12N4O2S/c19-9-13-8-12(6-7-16(13)24-14-4-2-1-3-5-14)17-21-15-10-20-11-22(23)18(15)25-17/h1-8,10-11,18,23H. The second-order valence-electron chi connectivity index (χ2n) is 5.32. The molecule has 1 atom stereocenters. The van der Waals surface area contributed by atoms with Crippen molar-refractivity contribution < 1.29 is 9.94 Å². The molecule has 0 spiro atoms. The number of hydroxylamine groups is 2. The third-order valence-corrected chi connectivity index (χ3v) is 4.89. The number of fused-ring (bicyclic) bond motifs is 1. The first kappa shape index (κ1) is 15.4. The van der Waals surface area contributed by atoms with Crippen LogP contribution in [0.2, 0.25) is 0 Å². The van der Waals surface area contributed by atoms with Crippen molar-refractivity contribution in [1.82, 2.24) is 5.06 Å². The van der Waals surface area contributed by atoms with Crippen molar-refractivity contribution in [2.45, 2.75) is 5.37 Å². The van der Waals surface area contributed by atoms with Gasteiger partial charge in [-0.05, 0) is 30.3 Å². The number of thioether (sulfide) groups is 1. The zero-order chi connectivity index (χ0) is 17.2. The molecule has 6 nitrogen and oxygen atoms in total. The fraction of sp³-hybridized carbons (Fsp3) is 0.0556. The molecule has 2 aromatic rings. The number of hydrogen-bond acceptors (Lipinski definition) is 7. The molecule has 0 fully saturated rings. The van der Waals surface area contributed by atoms with Gasteiger partial charge in [0.2, 0.25) is 0 Å². The van der Waals surface area contributed by atoms with Crippen LogP contribution in [0.3, 0.4) is 0 Å². The smallest absolute Gasteiger partial charge is 0.152 e. The normalized spacial score (nSPS) is 18.2. The van der Waals surface area contributed by atoms with Gasteiger partial charge in [-0.25, -0.2) is 15.0 Å². The molecule has 2 aromatic carbocycles. The highest BCUT2D eigenvalue weighted by Gasteiger charge is 2.31. The van der Waals surface area contributed by atoms with E-state index < -0.39 is 0 Å². The van der Waals surface area contributed by atoms with Crippen molar-refractivity contribution in [2.24, 2.45) is 9.98 Å². The summed E-state index contributed by atoms with van der Waals surface area (Å²) >= 11 is 1.40.